The second kappa shape index (κ2) is 1.75. The topological polar surface area (TPSA) is 0 Å². The van der Waals surface area contributed by atoms with Gasteiger partial charge < -0.3 is 0 Å². The van der Waals surface area contributed by atoms with Crippen molar-refractivity contribution in [3.8, 4) is 0 Å². The highest BCUT2D eigenvalue weighted by Gasteiger charge is 2.34. The molecule has 0 nitrogen and oxygen atoms in total. The third-order valence-electron chi connectivity index (χ3n) is 2.26. The van der Waals surface area contributed by atoms with Crippen molar-refractivity contribution < 1.29 is 0 Å². The maximum Gasteiger partial charge on any atom is -0.0349 e. The van der Waals surface area contributed by atoms with Gasteiger partial charge in [0.25, 0.3) is 0 Å². The highest BCUT2D eigenvalue weighted by Crippen LogP contribution is 2.45. The molecule has 1 rings (SSSR count). The van der Waals surface area contributed by atoms with Gasteiger partial charge in [-0.2, -0.15) is 0 Å². The molecule has 48 valence electrons. The maximum atomic E-state index is 2.36. The van der Waals surface area contributed by atoms with Gasteiger partial charge in [-0.1, -0.05) is 27.2 Å². The van der Waals surface area contributed by atoms with Crippen molar-refractivity contribution in [1.82, 2.24) is 0 Å². The fraction of sp³-hybridized carbons (Fsp3) is 1.00. The van der Waals surface area contributed by atoms with Crippen LogP contribution in [0.5, 0.6) is 0 Å². The van der Waals surface area contributed by atoms with Gasteiger partial charge in [0.2, 0.25) is 0 Å². The molecule has 1 fully saturated rings. The van der Waals surface area contributed by atoms with Crippen LogP contribution in [0.15, 0.2) is 0 Å². The van der Waals surface area contributed by atoms with Crippen LogP contribution in [0, 0.1) is 11.3 Å². The molecule has 0 saturated heterocycles. The molecule has 0 bridgehead atoms. The molecule has 1 saturated carbocycles. The Morgan fingerprint density at radius 3 is 2.00 bits per heavy atom. The van der Waals surface area contributed by atoms with E-state index < -0.39 is 0 Å². The molecule has 0 spiro atoms. The molecule has 0 unspecified atom stereocenters. The number of hydrogen-bond acceptors (Lipinski definition) is 0. The van der Waals surface area contributed by atoms with Crippen LogP contribution in [0.4, 0.5) is 0 Å². The first-order valence-corrected chi connectivity index (χ1v) is 3.64. The minimum Gasteiger partial charge on any atom is -0.0651 e. The molecule has 0 aromatic heterocycles. The zero-order valence-electron chi connectivity index (χ0n) is 6.20. The van der Waals surface area contributed by atoms with Gasteiger partial charge in [0.05, 0.1) is 0 Å². The largest absolute Gasteiger partial charge is 0.0651 e. The van der Waals surface area contributed by atoms with Crippen LogP contribution in [0.25, 0.3) is 0 Å². The lowest BCUT2D eigenvalue weighted by molar-refractivity contribution is 0.0938. The number of hydrogen-bond donors (Lipinski definition) is 0. The van der Waals surface area contributed by atoms with E-state index in [2.05, 4.69) is 20.8 Å². The van der Waals surface area contributed by atoms with Gasteiger partial charge in [0, 0.05) is 0 Å². The van der Waals surface area contributed by atoms with Crippen LogP contribution < -0.4 is 0 Å². The first-order valence-electron chi connectivity index (χ1n) is 3.64. The first kappa shape index (κ1) is 6.12. The van der Waals surface area contributed by atoms with Crippen LogP contribution in [0.2, 0.25) is 0 Å². The summed E-state index contributed by atoms with van der Waals surface area (Å²) >= 11 is 0. The summed E-state index contributed by atoms with van der Waals surface area (Å²) in [6.45, 7) is 7.01. The monoisotopic (exact) mass is 112 g/mol. The predicted octanol–water partition coefficient (Wildman–Crippen LogP) is 2.83. The Hall–Kier alpha value is 0. The van der Waals surface area contributed by atoms with Crippen molar-refractivity contribution in [2.75, 3.05) is 0 Å². The highest BCUT2D eigenvalue weighted by molar-refractivity contribution is 4.85. The molecule has 0 heterocycles. The summed E-state index contributed by atoms with van der Waals surface area (Å²) in [7, 11) is 0. The van der Waals surface area contributed by atoms with Crippen molar-refractivity contribution >= 4 is 0 Å². The lowest BCUT2D eigenvalue weighted by Gasteiger charge is -2.42. The van der Waals surface area contributed by atoms with Gasteiger partial charge in [-0.05, 0) is 24.2 Å². The Morgan fingerprint density at radius 1 is 1.38 bits per heavy atom. The molecular formula is C8H16. The van der Waals surface area contributed by atoms with Gasteiger partial charge in [-0.15, -0.1) is 0 Å². The van der Waals surface area contributed by atoms with Crippen molar-refractivity contribution in [2.24, 2.45) is 11.3 Å². The third-order valence-corrected chi connectivity index (χ3v) is 2.26. The summed E-state index contributed by atoms with van der Waals surface area (Å²) in [5, 5.41) is 0. The summed E-state index contributed by atoms with van der Waals surface area (Å²) in [5.41, 5.74) is 0.695. The molecule has 0 radical (unpaired) electrons. The molecule has 1 aliphatic carbocycles. The van der Waals surface area contributed by atoms with Crippen molar-refractivity contribution in [2.45, 2.75) is 40.0 Å². The Balaban J connectivity index is 2.21. The second-order valence-corrected chi connectivity index (χ2v) is 3.85. The average Bonchev–Trinajstić information content (AvgIpc) is 1.60. The average molecular weight is 112 g/mol. The Morgan fingerprint density at radius 2 is 1.88 bits per heavy atom. The van der Waals surface area contributed by atoms with E-state index in [1.807, 2.05) is 0 Å². The van der Waals surface area contributed by atoms with E-state index in [4.69, 9.17) is 0 Å². The van der Waals surface area contributed by atoms with Gasteiger partial charge in [-0.25, -0.2) is 0 Å². The zero-order chi connectivity index (χ0) is 6.20. The van der Waals surface area contributed by atoms with Crippen molar-refractivity contribution in [1.29, 1.82) is 0 Å². The number of rotatable bonds is 1. The third kappa shape index (κ3) is 1.04. The fourth-order valence-corrected chi connectivity index (χ4v) is 1.79. The fourth-order valence-electron chi connectivity index (χ4n) is 1.79. The van der Waals surface area contributed by atoms with Gasteiger partial charge >= 0.3 is 0 Å². The van der Waals surface area contributed by atoms with Gasteiger partial charge in [0.15, 0.2) is 0 Å². The van der Waals surface area contributed by atoms with E-state index in [0.717, 1.165) is 5.92 Å². The van der Waals surface area contributed by atoms with Crippen LogP contribution in [0.3, 0.4) is 0 Å². The Kier molecular flexibility index (Phi) is 1.34. The molecular weight excluding hydrogens is 96.1 g/mol. The molecule has 1 aliphatic rings. The molecule has 0 atom stereocenters. The molecule has 0 aromatic rings. The minimum atomic E-state index is 0.695. The van der Waals surface area contributed by atoms with E-state index in [9.17, 15) is 0 Å². The predicted molar refractivity (Wildman–Crippen MR) is 36.8 cm³/mol. The van der Waals surface area contributed by atoms with E-state index >= 15 is 0 Å². The van der Waals surface area contributed by atoms with Crippen molar-refractivity contribution in [3.05, 3.63) is 0 Å². The molecule has 0 heteroatoms. The van der Waals surface area contributed by atoms with Crippen LogP contribution in [0.1, 0.15) is 40.0 Å². The molecule has 0 amide bonds. The summed E-state index contributed by atoms with van der Waals surface area (Å²) in [6.07, 6.45) is 4.32. The Bertz CT molecular complexity index is 74.0. The minimum absolute atomic E-state index is 0.695. The Labute approximate surface area is 52.3 Å². The SMILES string of the molecule is CCC1CC(C)(C)C1. The smallest absolute Gasteiger partial charge is 0.0349 e. The summed E-state index contributed by atoms with van der Waals surface area (Å²) in [6, 6.07) is 0. The maximum absolute atomic E-state index is 2.36. The molecule has 0 aromatic carbocycles. The van der Waals surface area contributed by atoms with E-state index in [0.29, 0.717) is 5.41 Å². The van der Waals surface area contributed by atoms with Crippen LogP contribution in [-0.2, 0) is 0 Å². The first-order chi connectivity index (χ1) is 3.64. The highest BCUT2D eigenvalue weighted by atomic mass is 14.4. The van der Waals surface area contributed by atoms with Crippen molar-refractivity contribution in [3.63, 3.8) is 0 Å². The molecule has 8 heavy (non-hydrogen) atoms. The van der Waals surface area contributed by atoms with Crippen LogP contribution in [-0.4, -0.2) is 0 Å². The zero-order valence-corrected chi connectivity index (χ0v) is 6.20. The second-order valence-electron chi connectivity index (χ2n) is 3.85. The standard InChI is InChI=1S/C8H16/c1-4-7-5-8(2,3)6-7/h7H,4-6H2,1-3H3. The van der Waals surface area contributed by atoms with E-state index in [1.54, 1.807) is 0 Å². The quantitative estimate of drug-likeness (QED) is 0.489. The molecule has 0 N–H and O–H groups in total. The van der Waals surface area contributed by atoms with E-state index in [1.165, 1.54) is 19.3 Å². The normalized spacial score (nSPS) is 27.4. The summed E-state index contributed by atoms with van der Waals surface area (Å²) in [5.74, 6) is 1.06. The lowest BCUT2D eigenvalue weighted by Crippen LogP contribution is -2.30. The summed E-state index contributed by atoms with van der Waals surface area (Å²) < 4.78 is 0. The molecule has 0 aliphatic heterocycles. The lowest BCUT2D eigenvalue weighted by atomic mass is 9.64. The van der Waals surface area contributed by atoms with Gasteiger partial charge in [0.1, 0.15) is 0 Å². The van der Waals surface area contributed by atoms with E-state index in [-0.39, 0.29) is 0 Å². The van der Waals surface area contributed by atoms with Gasteiger partial charge in [-0.3, -0.25) is 0 Å². The van der Waals surface area contributed by atoms with Crippen LogP contribution >= 0.6 is 0 Å². The summed E-state index contributed by atoms with van der Waals surface area (Å²) in [4.78, 5) is 0.